The maximum absolute atomic E-state index is 11.4. The number of hydrogen-bond donors (Lipinski definition) is 2. The zero-order valence-electron chi connectivity index (χ0n) is 8.70. The molecule has 15 heavy (non-hydrogen) atoms. The van der Waals surface area contributed by atoms with E-state index >= 15 is 0 Å². The number of carbonyl (C=O) groups excluding carboxylic acids is 2. The van der Waals surface area contributed by atoms with Gasteiger partial charge in [0.25, 0.3) is 0 Å². The predicted octanol–water partition coefficient (Wildman–Crippen LogP) is 0.246. The van der Waals surface area contributed by atoms with Crippen LogP contribution in [0, 0.1) is 0 Å². The molecule has 5 nitrogen and oxygen atoms in total. The minimum Gasteiger partial charge on any atom is -0.461 e. The number of hydrogen-bond acceptors (Lipinski definition) is 5. The Morgan fingerprint density at radius 2 is 2.13 bits per heavy atom. The number of allylic oxidation sites excluding steroid dienone is 1. The van der Waals surface area contributed by atoms with E-state index in [9.17, 15) is 9.59 Å². The van der Waals surface area contributed by atoms with Gasteiger partial charge in [0.15, 0.2) is 0 Å². The molecule has 0 aromatic carbocycles. The smallest absolute Gasteiger partial charge is 0.356 e. The zero-order valence-corrected chi connectivity index (χ0v) is 9.52. The van der Waals surface area contributed by atoms with Crippen molar-refractivity contribution in [3.8, 4) is 0 Å². The second-order valence-corrected chi connectivity index (χ2v) is 3.01. The predicted molar refractivity (Wildman–Crippen MR) is 59.9 cm³/mol. The fourth-order valence-electron chi connectivity index (χ4n) is 0.834. The van der Waals surface area contributed by atoms with Crippen LogP contribution >= 0.6 is 12.2 Å². The highest BCUT2D eigenvalue weighted by molar-refractivity contribution is 7.79. The second-order valence-electron chi connectivity index (χ2n) is 2.67. The summed E-state index contributed by atoms with van der Waals surface area (Å²) in [6.45, 7) is 3.16. The molecule has 0 saturated carbocycles. The molecular formula is C9H14N2O3S. The summed E-state index contributed by atoms with van der Waals surface area (Å²) in [6, 6.07) is 0. The van der Waals surface area contributed by atoms with Crippen LogP contribution in [0.3, 0.4) is 0 Å². The number of rotatable bonds is 5. The van der Waals surface area contributed by atoms with Crippen LogP contribution in [0.4, 0.5) is 0 Å². The van der Waals surface area contributed by atoms with Crippen molar-refractivity contribution in [3.63, 3.8) is 0 Å². The van der Waals surface area contributed by atoms with Crippen molar-refractivity contribution in [2.45, 2.75) is 20.3 Å². The Hall–Kier alpha value is -1.43. The van der Waals surface area contributed by atoms with E-state index in [0.717, 1.165) is 0 Å². The number of thiocarbonyl (C=S) groups is 1. The van der Waals surface area contributed by atoms with Crippen LogP contribution in [0.5, 0.6) is 0 Å². The molecule has 0 fully saturated rings. The lowest BCUT2D eigenvalue weighted by atomic mass is 10.2. The molecule has 0 spiro atoms. The van der Waals surface area contributed by atoms with Gasteiger partial charge in [0, 0.05) is 19.0 Å². The van der Waals surface area contributed by atoms with Crippen LogP contribution in [0.25, 0.3) is 0 Å². The summed E-state index contributed by atoms with van der Waals surface area (Å²) in [5.41, 5.74) is 5.73. The molecule has 0 heterocycles. The molecule has 0 rings (SSSR count). The molecule has 0 radical (unpaired) electrons. The first kappa shape index (κ1) is 13.6. The highest BCUT2D eigenvalue weighted by Gasteiger charge is 2.15. The number of amides is 1. The largest absolute Gasteiger partial charge is 0.461 e. The van der Waals surface area contributed by atoms with Crippen molar-refractivity contribution in [1.29, 1.82) is 0 Å². The summed E-state index contributed by atoms with van der Waals surface area (Å²) in [4.78, 5) is 22.2. The van der Waals surface area contributed by atoms with E-state index in [1.165, 1.54) is 12.3 Å². The molecule has 1 amide bonds. The van der Waals surface area contributed by atoms with Gasteiger partial charge in [-0.25, -0.2) is 4.79 Å². The van der Waals surface area contributed by atoms with Gasteiger partial charge in [-0.05, 0) is 12.3 Å². The number of carbonyl (C=O) groups is 2. The van der Waals surface area contributed by atoms with Gasteiger partial charge in [0.2, 0.25) is 5.91 Å². The van der Waals surface area contributed by atoms with Crippen LogP contribution in [-0.4, -0.2) is 23.9 Å². The van der Waals surface area contributed by atoms with Gasteiger partial charge in [-0.1, -0.05) is 12.2 Å². The van der Waals surface area contributed by atoms with E-state index in [4.69, 9.17) is 10.5 Å². The number of esters is 1. The van der Waals surface area contributed by atoms with E-state index in [2.05, 4.69) is 17.5 Å². The number of nitrogens with two attached hydrogens (primary N) is 1. The van der Waals surface area contributed by atoms with Crippen molar-refractivity contribution in [2.75, 3.05) is 6.61 Å². The summed E-state index contributed by atoms with van der Waals surface area (Å²) < 4.78 is 4.73. The molecule has 0 aliphatic heterocycles. The molecule has 0 bridgehead atoms. The van der Waals surface area contributed by atoms with Crippen molar-refractivity contribution < 1.29 is 14.3 Å². The van der Waals surface area contributed by atoms with Gasteiger partial charge in [0.05, 0.1) is 6.61 Å². The third kappa shape index (κ3) is 5.11. The SMILES string of the molecule is CCOC(=O)/C(NC(C)=O)=C(/N)CC=S. The number of nitrogens with one attached hydrogen (secondary N) is 1. The summed E-state index contributed by atoms with van der Waals surface area (Å²) in [5, 5.41) is 3.70. The molecule has 84 valence electrons. The van der Waals surface area contributed by atoms with Gasteiger partial charge in [-0.2, -0.15) is 0 Å². The first-order valence-electron chi connectivity index (χ1n) is 4.39. The molecule has 6 heteroatoms. The lowest BCUT2D eigenvalue weighted by Crippen LogP contribution is -2.30. The van der Waals surface area contributed by atoms with Gasteiger partial charge < -0.3 is 15.8 Å². The molecule has 0 aliphatic rings. The minimum atomic E-state index is -0.651. The summed E-state index contributed by atoms with van der Waals surface area (Å²) in [5.74, 6) is -1.03. The Balaban J connectivity index is 4.85. The fourth-order valence-corrected chi connectivity index (χ4v) is 1.01. The Morgan fingerprint density at radius 1 is 1.53 bits per heavy atom. The lowest BCUT2D eigenvalue weighted by molar-refractivity contribution is -0.140. The van der Waals surface area contributed by atoms with E-state index in [-0.39, 0.29) is 30.3 Å². The monoisotopic (exact) mass is 230 g/mol. The third-order valence-electron chi connectivity index (χ3n) is 1.40. The highest BCUT2D eigenvalue weighted by Crippen LogP contribution is 2.02. The molecule has 0 atom stereocenters. The van der Waals surface area contributed by atoms with Crippen molar-refractivity contribution in [2.24, 2.45) is 5.73 Å². The van der Waals surface area contributed by atoms with Gasteiger partial charge in [-0.3, -0.25) is 4.79 Å². The molecule has 0 aromatic heterocycles. The average Bonchev–Trinajstić information content (AvgIpc) is 2.14. The highest BCUT2D eigenvalue weighted by atomic mass is 32.1. The summed E-state index contributed by atoms with van der Waals surface area (Å²) in [6.07, 6.45) is 0.240. The standard InChI is InChI=1S/C9H14N2O3S/c1-3-14-9(13)8(11-6(2)12)7(10)4-5-15/h5H,3-4,10H2,1-2H3,(H,11,12)/b8-7-. The molecule has 0 saturated heterocycles. The van der Waals surface area contributed by atoms with Crippen LogP contribution in [0.2, 0.25) is 0 Å². The summed E-state index contributed by atoms with van der Waals surface area (Å²) in [7, 11) is 0. The Bertz CT molecular complexity index is 300. The Morgan fingerprint density at radius 3 is 2.53 bits per heavy atom. The van der Waals surface area contributed by atoms with Crippen molar-refractivity contribution in [1.82, 2.24) is 5.32 Å². The Labute approximate surface area is 93.7 Å². The molecular weight excluding hydrogens is 216 g/mol. The number of ether oxygens (including phenoxy) is 1. The van der Waals surface area contributed by atoms with Crippen LogP contribution in [-0.2, 0) is 14.3 Å². The minimum absolute atomic E-state index is 0.0366. The van der Waals surface area contributed by atoms with E-state index in [1.807, 2.05) is 0 Å². The fraction of sp³-hybridized carbons (Fsp3) is 0.444. The van der Waals surface area contributed by atoms with Gasteiger partial charge >= 0.3 is 5.97 Å². The van der Waals surface area contributed by atoms with E-state index in [0.29, 0.717) is 0 Å². The van der Waals surface area contributed by atoms with Crippen LogP contribution in [0.15, 0.2) is 11.4 Å². The molecule has 0 unspecified atom stereocenters. The topological polar surface area (TPSA) is 81.4 Å². The van der Waals surface area contributed by atoms with Gasteiger partial charge in [0.1, 0.15) is 5.70 Å². The first-order valence-corrected chi connectivity index (χ1v) is 4.87. The van der Waals surface area contributed by atoms with Crippen LogP contribution in [0.1, 0.15) is 20.3 Å². The average molecular weight is 230 g/mol. The van der Waals surface area contributed by atoms with E-state index in [1.54, 1.807) is 6.92 Å². The normalized spacial score (nSPS) is 11.3. The zero-order chi connectivity index (χ0) is 11.8. The molecule has 3 N–H and O–H groups in total. The maximum atomic E-state index is 11.4. The molecule has 0 aromatic rings. The van der Waals surface area contributed by atoms with Crippen LogP contribution < -0.4 is 11.1 Å². The maximum Gasteiger partial charge on any atom is 0.356 e. The van der Waals surface area contributed by atoms with Gasteiger partial charge in [-0.15, -0.1) is 0 Å². The quantitative estimate of drug-likeness (QED) is 0.402. The molecule has 0 aliphatic carbocycles. The van der Waals surface area contributed by atoms with E-state index < -0.39 is 5.97 Å². The second kappa shape index (κ2) is 6.94. The Kier molecular flexibility index (Phi) is 6.28. The van der Waals surface area contributed by atoms with Crippen molar-refractivity contribution >= 4 is 29.5 Å². The lowest BCUT2D eigenvalue weighted by Gasteiger charge is -2.09. The first-order chi connectivity index (χ1) is 7.02. The third-order valence-corrected chi connectivity index (χ3v) is 1.57. The van der Waals surface area contributed by atoms with Crippen molar-refractivity contribution in [3.05, 3.63) is 11.4 Å². The summed E-state index contributed by atoms with van der Waals surface area (Å²) >= 11 is 4.61.